The van der Waals surface area contributed by atoms with E-state index in [1.807, 2.05) is 0 Å². The zero-order valence-corrected chi connectivity index (χ0v) is 34.9. The lowest BCUT2D eigenvalue weighted by Gasteiger charge is -2.48. The highest BCUT2D eigenvalue weighted by atomic mass is 16.8. The van der Waals surface area contributed by atoms with E-state index in [0.717, 1.165) is 18.2 Å². The Labute approximate surface area is 377 Å². The third-order valence-electron chi connectivity index (χ3n) is 11.2. The molecule has 364 valence electrons. The van der Waals surface area contributed by atoms with Crippen molar-refractivity contribution in [1.82, 2.24) is 0 Å². The third kappa shape index (κ3) is 10.3. The molecule has 0 amide bonds. The van der Waals surface area contributed by atoms with Crippen LogP contribution >= 0.6 is 0 Å². The monoisotopic (exact) mass is 948 g/mol. The van der Waals surface area contributed by atoms with Crippen molar-refractivity contribution in [2.75, 3.05) is 26.9 Å². The first-order chi connectivity index (χ1) is 31.9. The molecule has 0 spiro atoms. The molecule has 3 fully saturated rings. The molecular weight excluding hydrogens is 900 g/mol. The molecule has 0 aliphatic carbocycles. The molecule has 7 rings (SSSR count). The quantitative estimate of drug-likeness (QED) is 0.0455. The number of fused-ring (bicyclic) bond motifs is 1. The van der Waals surface area contributed by atoms with Gasteiger partial charge in [0, 0.05) is 23.8 Å². The van der Waals surface area contributed by atoms with E-state index in [1.165, 1.54) is 55.7 Å². The number of aliphatic hydroxyl groups excluding tert-OH is 9. The normalized spacial score (nSPS) is 32.3. The Bertz CT molecular complexity index is 2440. The highest BCUT2D eigenvalue weighted by Gasteiger charge is 2.55. The SMILES string of the molecule is COc1cc(C=CC(=O)OCC2OC(OC3C(OC4C(Oc5c(-c6ccc(O)cc6)oc6cc(O)cc(O)c6c5=O)OC(CO)C(O)C4O)OC(CO)C(O)C3O)C(O)C(O)C2O)ccc1O. The van der Waals surface area contributed by atoms with Crippen LogP contribution in [0.3, 0.4) is 0 Å². The van der Waals surface area contributed by atoms with Gasteiger partial charge in [0.15, 0.2) is 35.9 Å². The van der Waals surface area contributed by atoms with E-state index in [1.54, 1.807) is 0 Å². The van der Waals surface area contributed by atoms with Crippen LogP contribution in [0.25, 0.3) is 28.4 Å². The number of ether oxygens (including phenoxy) is 8. The van der Waals surface area contributed by atoms with Crippen LogP contribution in [-0.2, 0) is 33.2 Å². The summed E-state index contributed by atoms with van der Waals surface area (Å²) in [7, 11) is 1.33. The average Bonchev–Trinajstić information content (AvgIpc) is 3.30. The first-order valence-electron chi connectivity index (χ1n) is 20.4. The van der Waals surface area contributed by atoms with Gasteiger partial charge in [-0.1, -0.05) is 6.07 Å². The summed E-state index contributed by atoms with van der Waals surface area (Å²) in [5.41, 5.74) is -0.910. The Morgan fingerprint density at radius 1 is 0.657 bits per heavy atom. The number of carbonyl (C=O) groups excluding carboxylic acids is 1. The molecule has 3 aliphatic heterocycles. The summed E-state index contributed by atoms with van der Waals surface area (Å²) in [5, 5.41) is 138. The van der Waals surface area contributed by atoms with Gasteiger partial charge in [-0.25, -0.2) is 4.79 Å². The second kappa shape index (κ2) is 20.7. The number of aliphatic hydroxyl groups is 9. The molecule has 0 radical (unpaired) electrons. The van der Waals surface area contributed by atoms with Gasteiger partial charge in [0.05, 0.1) is 20.3 Å². The fourth-order valence-electron chi connectivity index (χ4n) is 7.55. The Kier molecular flexibility index (Phi) is 15.2. The van der Waals surface area contributed by atoms with Crippen molar-refractivity contribution >= 4 is 23.0 Å². The van der Waals surface area contributed by atoms with Crippen molar-refractivity contribution in [1.29, 1.82) is 0 Å². The van der Waals surface area contributed by atoms with Gasteiger partial charge >= 0.3 is 5.97 Å². The number of hydrogen-bond acceptors (Lipinski definition) is 24. The fraction of sp³-hybridized carbons (Fsp3) is 0.442. The molecule has 24 nitrogen and oxygen atoms in total. The molecule has 15 atom stereocenters. The Balaban J connectivity index is 1.17. The Morgan fingerprint density at radius 2 is 1.25 bits per heavy atom. The van der Waals surface area contributed by atoms with Gasteiger partial charge < -0.3 is 109 Å². The predicted octanol–water partition coefficient (Wildman–Crippen LogP) is -2.62. The maximum atomic E-state index is 14.2. The van der Waals surface area contributed by atoms with Gasteiger partial charge in [-0.3, -0.25) is 4.79 Å². The van der Waals surface area contributed by atoms with Crippen LogP contribution in [-0.4, -0.2) is 191 Å². The minimum absolute atomic E-state index is 0.0761. The zero-order valence-electron chi connectivity index (χ0n) is 34.9. The first-order valence-corrected chi connectivity index (χ1v) is 20.4. The van der Waals surface area contributed by atoms with Gasteiger partial charge in [0.1, 0.15) is 102 Å². The summed E-state index contributed by atoms with van der Waals surface area (Å²) < 4.78 is 51.2. The van der Waals surface area contributed by atoms with Crippen molar-refractivity contribution in [3.8, 4) is 45.8 Å². The lowest BCUT2D eigenvalue weighted by molar-refractivity contribution is -0.389. The van der Waals surface area contributed by atoms with Crippen molar-refractivity contribution < 1.29 is 113 Å². The van der Waals surface area contributed by atoms with E-state index in [9.17, 15) is 76.0 Å². The van der Waals surface area contributed by atoms with E-state index >= 15 is 0 Å². The number of phenols is 4. The second-order valence-corrected chi connectivity index (χ2v) is 15.6. The molecule has 3 aliphatic rings. The molecule has 0 saturated carbocycles. The van der Waals surface area contributed by atoms with Gasteiger partial charge in [-0.15, -0.1) is 0 Å². The maximum absolute atomic E-state index is 14.2. The number of benzene rings is 3. The van der Waals surface area contributed by atoms with Gasteiger partial charge in [0.2, 0.25) is 17.5 Å². The standard InChI is InChI=1S/C43H48O24/c1-59-22-10-16(2-8-20(22)48)3-9-27(50)60-15-26-31(53)33(55)36(58)41(64-26)66-39-34(56)29(51)25(14-45)63-43(39)67-40-35(57)30(52)24(13-44)62-42(40)65-38-32(54)28-21(49)11-19(47)12-23(28)61-37(38)17-4-6-18(46)7-5-17/h2-12,24-26,29-31,33-36,39-49,51-53,55-58H,13-15H2,1H3. The van der Waals surface area contributed by atoms with Crippen molar-refractivity contribution in [3.05, 3.63) is 76.5 Å². The number of hydrogen-bond donors (Lipinski definition) is 13. The summed E-state index contributed by atoms with van der Waals surface area (Å²) in [6.45, 7) is -2.67. The highest BCUT2D eigenvalue weighted by molar-refractivity contribution is 5.88. The molecule has 24 heteroatoms. The minimum Gasteiger partial charge on any atom is -0.508 e. The average molecular weight is 949 g/mol. The molecule has 1 aromatic heterocycles. The van der Waals surface area contributed by atoms with Gasteiger partial charge in [-0.2, -0.15) is 0 Å². The number of methoxy groups -OCH3 is 1. The summed E-state index contributed by atoms with van der Waals surface area (Å²) in [5.74, 6) is -3.56. The van der Waals surface area contributed by atoms with Crippen LogP contribution in [0.15, 0.2) is 69.9 Å². The first kappa shape index (κ1) is 49.2. The molecule has 3 saturated heterocycles. The van der Waals surface area contributed by atoms with Crippen LogP contribution < -0.4 is 14.9 Å². The second-order valence-electron chi connectivity index (χ2n) is 15.6. The number of esters is 1. The maximum Gasteiger partial charge on any atom is 0.330 e. The van der Waals surface area contributed by atoms with Crippen molar-refractivity contribution in [2.24, 2.45) is 0 Å². The molecule has 13 N–H and O–H groups in total. The highest BCUT2D eigenvalue weighted by Crippen LogP contribution is 2.39. The summed E-state index contributed by atoms with van der Waals surface area (Å²) >= 11 is 0. The molecule has 4 heterocycles. The zero-order chi connectivity index (χ0) is 48.4. The molecule has 4 aromatic rings. The summed E-state index contributed by atoms with van der Waals surface area (Å²) in [6, 6.07) is 11.1. The van der Waals surface area contributed by atoms with Crippen LogP contribution in [0.4, 0.5) is 0 Å². The van der Waals surface area contributed by atoms with E-state index < -0.39 is 152 Å². The van der Waals surface area contributed by atoms with Gasteiger partial charge in [0.25, 0.3) is 0 Å². The lowest BCUT2D eigenvalue weighted by atomic mass is 9.96. The van der Waals surface area contributed by atoms with Gasteiger partial charge in [-0.05, 0) is 48.0 Å². The molecular formula is C43H48O24. The largest absolute Gasteiger partial charge is 0.508 e. The van der Waals surface area contributed by atoms with Crippen molar-refractivity contribution in [3.63, 3.8) is 0 Å². The Hall–Kier alpha value is -5.68. The van der Waals surface area contributed by atoms with Crippen molar-refractivity contribution in [2.45, 2.75) is 92.1 Å². The third-order valence-corrected chi connectivity index (χ3v) is 11.2. The number of carbonyl (C=O) groups is 1. The topological polar surface area (TPSA) is 384 Å². The summed E-state index contributed by atoms with van der Waals surface area (Å²) in [4.78, 5) is 26.8. The van der Waals surface area contributed by atoms with Crippen LogP contribution in [0.2, 0.25) is 0 Å². The molecule has 0 bridgehead atoms. The minimum atomic E-state index is -2.13. The molecule has 67 heavy (non-hydrogen) atoms. The number of aromatic hydroxyl groups is 4. The van der Waals surface area contributed by atoms with Crippen LogP contribution in [0.1, 0.15) is 5.56 Å². The number of rotatable bonds is 14. The molecule has 15 unspecified atom stereocenters. The molecule has 3 aromatic carbocycles. The fourth-order valence-corrected chi connectivity index (χ4v) is 7.55. The van der Waals surface area contributed by atoms with E-state index in [2.05, 4.69) is 0 Å². The smallest absolute Gasteiger partial charge is 0.330 e. The van der Waals surface area contributed by atoms with E-state index in [0.29, 0.717) is 5.56 Å². The predicted molar refractivity (Wildman–Crippen MR) is 220 cm³/mol. The van der Waals surface area contributed by atoms with Crippen LogP contribution in [0.5, 0.6) is 34.5 Å². The van der Waals surface area contributed by atoms with Crippen LogP contribution in [0, 0.1) is 0 Å². The van der Waals surface area contributed by atoms with E-state index in [-0.39, 0.29) is 28.4 Å². The summed E-state index contributed by atoms with van der Waals surface area (Å²) in [6.07, 6.45) is -27.2. The van der Waals surface area contributed by atoms with E-state index in [4.69, 9.17) is 42.3 Å². The Morgan fingerprint density at radius 3 is 1.90 bits per heavy atom. The number of phenolic OH excluding ortho intramolecular Hbond substituents is 4. The lowest BCUT2D eigenvalue weighted by Crippen LogP contribution is -2.67.